The molecule has 0 saturated heterocycles. The van der Waals surface area contributed by atoms with Crippen molar-refractivity contribution in [1.82, 2.24) is 14.1 Å². The number of aryl methyl sites for hydroxylation is 2. The first-order chi connectivity index (χ1) is 12.3. The van der Waals surface area contributed by atoms with E-state index in [1.807, 2.05) is 6.92 Å². The summed E-state index contributed by atoms with van der Waals surface area (Å²) in [6.45, 7) is 1.86. The highest BCUT2D eigenvalue weighted by molar-refractivity contribution is 7.98. The van der Waals surface area contributed by atoms with Crippen molar-refractivity contribution in [3.63, 3.8) is 0 Å². The lowest BCUT2D eigenvalue weighted by Crippen LogP contribution is -2.37. The Bertz CT molecular complexity index is 1130. The van der Waals surface area contributed by atoms with Gasteiger partial charge in [0.1, 0.15) is 5.65 Å². The number of hydrogen-bond donors (Lipinski definition) is 0. The standard InChI is InChI=1S/C17H16N4O4S/c1-10-8-18-15-13(16(22)20(3)17(23)19(15)2)14(10)26-9-11-4-6-12(7-5-11)21(24)25/h4-8H,9H2,1-3H3. The van der Waals surface area contributed by atoms with Crippen LogP contribution in [0.4, 0.5) is 5.69 Å². The molecule has 0 atom stereocenters. The molecular weight excluding hydrogens is 356 g/mol. The Morgan fingerprint density at radius 2 is 1.81 bits per heavy atom. The average molecular weight is 372 g/mol. The minimum atomic E-state index is -0.443. The molecule has 0 bridgehead atoms. The Morgan fingerprint density at radius 3 is 2.42 bits per heavy atom. The lowest BCUT2D eigenvalue weighted by Gasteiger charge is -2.12. The Kier molecular flexibility index (Phi) is 4.64. The molecule has 26 heavy (non-hydrogen) atoms. The summed E-state index contributed by atoms with van der Waals surface area (Å²) in [5.41, 5.74) is 1.30. The number of benzene rings is 1. The minimum absolute atomic E-state index is 0.0353. The van der Waals surface area contributed by atoms with E-state index in [9.17, 15) is 19.7 Å². The van der Waals surface area contributed by atoms with E-state index in [0.29, 0.717) is 16.8 Å². The van der Waals surface area contributed by atoms with Gasteiger partial charge in [-0.25, -0.2) is 9.78 Å². The summed E-state index contributed by atoms with van der Waals surface area (Å²) >= 11 is 1.44. The molecule has 2 heterocycles. The smallest absolute Gasteiger partial charge is 0.280 e. The van der Waals surface area contributed by atoms with Gasteiger partial charge in [0.2, 0.25) is 0 Å². The molecule has 0 amide bonds. The molecule has 0 aliphatic heterocycles. The lowest BCUT2D eigenvalue weighted by molar-refractivity contribution is -0.384. The minimum Gasteiger partial charge on any atom is -0.280 e. The van der Waals surface area contributed by atoms with E-state index in [1.165, 1.54) is 35.5 Å². The van der Waals surface area contributed by atoms with Crippen molar-refractivity contribution in [3.05, 3.63) is 72.5 Å². The number of aromatic nitrogens is 3. The number of rotatable bonds is 4. The zero-order valence-corrected chi connectivity index (χ0v) is 15.2. The summed E-state index contributed by atoms with van der Waals surface area (Å²) in [7, 11) is 3.02. The van der Waals surface area contributed by atoms with Crippen LogP contribution >= 0.6 is 11.8 Å². The van der Waals surface area contributed by atoms with Gasteiger partial charge in [0.15, 0.2) is 0 Å². The molecule has 3 aromatic rings. The first-order valence-corrected chi connectivity index (χ1v) is 8.71. The van der Waals surface area contributed by atoms with E-state index >= 15 is 0 Å². The van der Waals surface area contributed by atoms with Crippen LogP contribution < -0.4 is 11.2 Å². The highest BCUT2D eigenvalue weighted by atomic mass is 32.2. The predicted octanol–water partition coefficient (Wildman–Crippen LogP) is 2.14. The van der Waals surface area contributed by atoms with Crippen molar-refractivity contribution in [2.45, 2.75) is 17.6 Å². The van der Waals surface area contributed by atoms with Crippen LogP contribution in [0.25, 0.3) is 11.0 Å². The maximum atomic E-state index is 12.6. The van der Waals surface area contributed by atoms with Crippen LogP contribution in [0.1, 0.15) is 11.1 Å². The SMILES string of the molecule is Cc1cnc2c(c1SCc1ccc([N+](=O)[O-])cc1)c(=O)n(C)c(=O)n2C. The summed E-state index contributed by atoms with van der Waals surface area (Å²) < 4.78 is 2.42. The number of non-ortho nitro benzene ring substituents is 1. The molecule has 8 nitrogen and oxygen atoms in total. The molecule has 0 aliphatic rings. The number of nitro groups is 1. The van der Waals surface area contributed by atoms with E-state index < -0.39 is 10.6 Å². The maximum Gasteiger partial charge on any atom is 0.332 e. The Morgan fingerprint density at radius 1 is 1.15 bits per heavy atom. The number of nitro benzene ring substituents is 1. The van der Waals surface area contributed by atoms with Crippen LogP contribution in [0.5, 0.6) is 0 Å². The van der Waals surface area contributed by atoms with Crippen LogP contribution in [0, 0.1) is 17.0 Å². The molecule has 0 saturated carbocycles. The van der Waals surface area contributed by atoms with Gasteiger partial charge < -0.3 is 0 Å². The number of fused-ring (bicyclic) bond motifs is 1. The van der Waals surface area contributed by atoms with Crippen LogP contribution in [-0.4, -0.2) is 19.0 Å². The van der Waals surface area contributed by atoms with Gasteiger partial charge in [-0.3, -0.25) is 24.0 Å². The van der Waals surface area contributed by atoms with Crippen LogP contribution in [0.3, 0.4) is 0 Å². The number of hydrogen-bond acceptors (Lipinski definition) is 6. The van der Waals surface area contributed by atoms with Gasteiger partial charge in [-0.2, -0.15) is 0 Å². The zero-order valence-electron chi connectivity index (χ0n) is 14.4. The van der Waals surface area contributed by atoms with Gasteiger partial charge in [-0.05, 0) is 18.1 Å². The summed E-state index contributed by atoms with van der Waals surface area (Å²) in [6.07, 6.45) is 1.64. The fourth-order valence-corrected chi connectivity index (χ4v) is 3.76. The summed E-state index contributed by atoms with van der Waals surface area (Å²) in [6, 6.07) is 6.29. The Balaban J connectivity index is 2.05. The summed E-state index contributed by atoms with van der Waals surface area (Å²) in [4.78, 5) is 40.0. The third-order valence-electron chi connectivity index (χ3n) is 4.13. The number of pyridine rings is 1. The molecule has 2 aromatic heterocycles. The largest absolute Gasteiger partial charge is 0.332 e. The van der Waals surface area contributed by atoms with E-state index in [-0.39, 0.29) is 11.2 Å². The second-order valence-corrected chi connectivity index (χ2v) is 6.87. The normalized spacial score (nSPS) is 11.0. The Hall–Kier alpha value is -2.94. The fourth-order valence-electron chi connectivity index (χ4n) is 2.65. The third kappa shape index (κ3) is 3.01. The van der Waals surface area contributed by atoms with Gasteiger partial charge in [0.05, 0.1) is 10.3 Å². The molecule has 0 unspecified atom stereocenters. The third-order valence-corrected chi connectivity index (χ3v) is 5.42. The molecule has 9 heteroatoms. The summed E-state index contributed by atoms with van der Waals surface area (Å²) in [5.74, 6) is 0.532. The maximum absolute atomic E-state index is 12.6. The predicted molar refractivity (Wildman–Crippen MR) is 99.6 cm³/mol. The molecule has 0 spiro atoms. The first kappa shape index (κ1) is 17.9. The van der Waals surface area contributed by atoms with Gasteiger partial charge in [-0.1, -0.05) is 12.1 Å². The van der Waals surface area contributed by atoms with Crippen molar-refractivity contribution in [3.8, 4) is 0 Å². The molecular formula is C17H16N4O4S. The molecule has 0 fully saturated rings. The fraction of sp³-hybridized carbons (Fsp3) is 0.235. The van der Waals surface area contributed by atoms with Gasteiger partial charge in [0, 0.05) is 43.1 Å². The monoisotopic (exact) mass is 372 g/mol. The highest BCUT2D eigenvalue weighted by Crippen LogP contribution is 2.30. The second kappa shape index (κ2) is 6.75. The van der Waals surface area contributed by atoms with Gasteiger partial charge >= 0.3 is 5.69 Å². The van der Waals surface area contributed by atoms with E-state index in [2.05, 4.69) is 4.98 Å². The van der Waals surface area contributed by atoms with Crippen molar-refractivity contribution in [2.75, 3.05) is 0 Å². The molecule has 0 aliphatic carbocycles. The zero-order chi connectivity index (χ0) is 19.0. The molecule has 134 valence electrons. The topological polar surface area (TPSA) is 100 Å². The molecule has 1 aromatic carbocycles. The van der Waals surface area contributed by atoms with Crippen LogP contribution in [-0.2, 0) is 19.8 Å². The van der Waals surface area contributed by atoms with Crippen molar-refractivity contribution in [1.29, 1.82) is 0 Å². The van der Waals surface area contributed by atoms with Gasteiger partial charge in [-0.15, -0.1) is 11.8 Å². The molecule has 0 radical (unpaired) electrons. The quantitative estimate of drug-likeness (QED) is 0.395. The second-order valence-electron chi connectivity index (χ2n) is 5.89. The van der Waals surface area contributed by atoms with Gasteiger partial charge in [0.25, 0.3) is 11.2 Å². The van der Waals surface area contributed by atoms with Crippen LogP contribution in [0.15, 0.2) is 44.9 Å². The van der Waals surface area contributed by atoms with E-state index in [1.54, 1.807) is 25.4 Å². The average Bonchev–Trinajstić information content (AvgIpc) is 2.63. The van der Waals surface area contributed by atoms with Crippen molar-refractivity contribution in [2.24, 2.45) is 14.1 Å². The van der Waals surface area contributed by atoms with E-state index in [4.69, 9.17) is 0 Å². The van der Waals surface area contributed by atoms with Crippen molar-refractivity contribution < 1.29 is 4.92 Å². The molecule has 0 N–H and O–H groups in total. The highest BCUT2D eigenvalue weighted by Gasteiger charge is 2.16. The number of nitrogens with zero attached hydrogens (tertiary/aromatic N) is 4. The van der Waals surface area contributed by atoms with E-state index in [0.717, 1.165) is 20.6 Å². The van der Waals surface area contributed by atoms with Crippen LogP contribution in [0.2, 0.25) is 0 Å². The summed E-state index contributed by atoms with van der Waals surface area (Å²) in [5, 5.41) is 11.1. The first-order valence-electron chi connectivity index (χ1n) is 7.72. The Labute approximate surface area is 152 Å². The molecule has 3 rings (SSSR count). The lowest BCUT2D eigenvalue weighted by atomic mass is 10.2. The van der Waals surface area contributed by atoms with Crippen molar-refractivity contribution >= 4 is 28.5 Å². The number of thioether (sulfide) groups is 1.